The summed E-state index contributed by atoms with van der Waals surface area (Å²) in [6.45, 7) is 6.39. The number of carbonyl (C=O) groups is 1. The van der Waals surface area contributed by atoms with Crippen LogP contribution in [0.15, 0.2) is 0 Å². The molecule has 0 bridgehead atoms. The molecule has 0 aromatic rings. The first-order chi connectivity index (χ1) is 5.61. The second-order valence-electron chi connectivity index (χ2n) is 3.22. The van der Waals surface area contributed by atoms with Crippen molar-refractivity contribution < 1.29 is 9.53 Å². The van der Waals surface area contributed by atoms with Gasteiger partial charge in [-0.05, 0) is 6.42 Å². The van der Waals surface area contributed by atoms with Crippen LogP contribution in [-0.2, 0) is 9.53 Å². The first-order valence-corrected chi connectivity index (χ1v) is 4.41. The van der Waals surface area contributed by atoms with Gasteiger partial charge in [0.05, 0.1) is 12.6 Å². The van der Waals surface area contributed by atoms with E-state index < -0.39 is 0 Å². The smallest absolute Gasteiger partial charge is 0.222 e. The summed E-state index contributed by atoms with van der Waals surface area (Å²) in [6.07, 6.45) is 0.909. The van der Waals surface area contributed by atoms with Gasteiger partial charge in [-0.15, -0.1) is 0 Å². The van der Waals surface area contributed by atoms with E-state index in [-0.39, 0.29) is 17.9 Å². The van der Waals surface area contributed by atoms with Crippen LogP contribution in [0.1, 0.15) is 27.2 Å². The van der Waals surface area contributed by atoms with Crippen LogP contribution in [0.2, 0.25) is 0 Å². The molecule has 72 valence electrons. The van der Waals surface area contributed by atoms with Crippen LogP contribution in [0.4, 0.5) is 0 Å². The van der Waals surface area contributed by atoms with E-state index in [9.17, 15) is 4.79 Å². The molecule has 0 spiro atoms. The highest BCUT2D eigenvalue weighted by atomic mass is 16.5. The molecule has 0 aliphatic rings. The molecule has 1 amide bonds. The van der Waals surface area contributed by atoms with E-state index in [1.54, 1.807) is 7.11 Å². The van der Waals surface area contributed by atoms with E-state index in [0.717, 1.165) is 6.42 Å². The minimum Gasteiger partial charge on any atom is -0.383 e. The average Bonchev–Trinajstić information content (AvgIpc) is 2.03. The third-order valence-electron chi connectivity index (χ3n) is 1.73. The highest BCUT2D eigenvalue weighted by Crippen LogP contribution is 1.96. The Hall–Kier alpha value is -0.570. The quantitative estimate of drug-likeness (QED) is 0.678. The van der Waals surface area contributed by atoms with Crippen molar-refractivity contribution in [1.29, 1.82) is 0 Å². The fourth-order valence-electron chi connectivity index (χ4n) is 0.831. The number of ether oxygens (including phenoxy) is 1. The lowest BCUT2D eigenvalue weighted by molar-refractivity contribution is -0.125. The van der Waals surface area contributed by atoms with Gasteiger partial charge in [0.25, 0.3) is 0 Å². The van der Waals surface area contributed by atoms with Crippen LogP contribution < -0.4 is 5.32 Å². The fraction of sp³-hybridized carbons (Fsp3) is 0.889. The summed E-state index contributed by atoms with van der Waals surface area (Å²) in [5.41, 5.74) is 0. The second kappa shape index (κ2) is 6.00. The predicted octanol–water partition coefficient (Wildman–Crippen LogP) is 1.18. The van der Waals surface area contributed by atoms with Crippen molar-refractivity contribution in [3.05, 3.63) is 0 Å². The summed E-state index contributed by atoms with van der Waals surface area (Å²) >= 11 is 0. The SMILES string of the molecule is CCC(COC)NC(=O)C(C)C. The molecule has 1 N–H and O–H groups in total. The molecule has 0 saturated carbocycles. The summed E-state index contributed by atoms with van der Waals surface area (Å²) < 4.78 is 4.96. The third kappa shape index (κ3) is 4.34. The molecular formula is C9H19NO2. The summed E-state index contributed by atoms with van der Waals surface area (Å²) in [5, 5.41) is 2.90. The Morgan fingerprint density at radius 3 is 2.42 bits per heavy atom. The maximum atomic E-state index is 11.2. The number of amides is 1. The Kier molecular flexibility index (Phi) is 5.72. The van der Waals surface area contributed by atoms with Gasteiger partial charge < -0.3 is 10.1 Å². The zero-order valence-corrected chi connectivity index (χ0v) is 8.39. The predicted molar refractivity (Wildman–Crippen MR) is 48.9 cm³/mol. The lowest BCUT2D eigenvalue weighted by Crippen LogP contribution is -2.39. The zero-order chi connectivity index (χ0) is 9.56. The lowest BCUT2D eigenvalue weighted by atomic mass is 10.1. The molecular weight excluding hydrogens is 154 g/mol. The molecule has 0 aromatic heterocycles. The van der Waals surface area contributed by atoms with E-state index >= 15 is 0 Å². The number of carbonyl (C=O) groups excluding carboxylic acids is 1. The van der Waals surface area contributed by atoms with Crippen LogP contribution in [0.25, 0.3) is 0 Å². The van der Waals surface area contributed by atoms with Crippen LogP contribution in [0.3, 0.4) is 0 Å². The number of methoxy groups -OCH3 is 1. The van der Waals surface area contributed by atoms with Crippen molar-refractivity contribution >= 4 is 5.91 Å². The number of hydrogen-bond acceptors (Lipinski definition) is 2. The van der Waals surface area contributed by atoms with E-state index in [4.69, 9.17) is 4.74 Å². The van der Waals surface area contributed by atoms with Crippen LogP contribution in [-0.4, -0.2) is 25.7 Å². The van der Waals surface area contributed by atoms with Crippen molar-refractivity contribution in [3.63, 3.8) is 0 Å². The van der Waals surface area contributed by atoms with Crippen molar-refractivity contribution in [2.24, 2.45) is 5.92 Å². The van der Waals surface area contributed by atoms with Crippen molar-refractivity contribution in [1.82, 2.24) is 5.32 Å². The average molecular weight is 173 g/mol. The zero-order valence-electron chi connectivity index (χ0n) is 8.39. The Morgan fingerprint density at radius 2 is 2.08 bits per heavy atom. The summed E-state index contributed by atoms with van der Waals surface area (Å²) in [4.78, 5) is 11.2. The maximum Gasteiger partial charge on any atom is 0.222 e. The van der Waals surface area contributed by atoms with E-state index in [0.29, 0.717) is 6.61 Å². The summed E-state index contributed by atoms with van der Waals surface area (Å²) in [7, 11) is 1.64. The normalized spacial score (nSPS) is 13.1. The molecule has 0 fully saturated rings. The van der Waals surface area contributed by atoms with Gasteiger partial charge in [0, 0.05) is 13.0 Å². The molecule has 3 nitrogen and oxygen atoms in total. The van der Waals surface area contributed by atoms with Gasteiger partial charge in [0.2, 0.25) is 5.91 Å². The Bertz CT molecular complexity index is 134. The molecule has 3 heteroatoms. The molecule has 0 aromatic carbocycles. The molecule has 0 saturated heterocycles. The molecule has 1 unspecified atom stereocenters. The third-order valence-corrected chi connectivity index (χ3v) is 1.73. The molecule has 0 aliphatic carbocycles. The van der Waals surface area contributed by atoms with E-state index in [1.165, 1.54) is 0 Å². The van der Waals surface area contributed by atoms with Gasteiger partial charge >= 0.3 is 0 Å². The largest absolute Gasteiger partial charge is 0.383 e. The molecule has 0 radical (unpaired) electrons. The van der Waals surface area contributed by atoms with Gasteiger partial charge in [-0.1, -0.05) is 20.8 Å². The minimum atomic E-state index is 0.0518. The van der Waals surface area contributed by atoms with Crippen molar-refractivity contribution in [2.75, 3.05) is 13.7 Å². The monoisotopic (exact) mass is 173 g/mol. The van der Waals surface area contributed by atoms with Gasteiger partial charge in [-0.2, -0.15) is 0 Å². The first kappa shape index (κ1) is 11.4. The summed E-state index contributed by atoms with van der Waals surface area (Å²) in [6, 6.07) is 0.157. The highest BCUT2D eigenvalue weighted by molar-refractivity contribution is 5.78. The molecule has 1 atom stereocenters. The Labute approximate surface area is 74.5 Å². The summed E-state index contributed by atoms with van der Waals surface area (Å²) in [5.74, 6) is 0.148. The Balaban J connectivity index is 3.77. The molecule has 0 rings (SSSR count). The van der Waals surface area contributed by atoms with Crippen LogP contribution in [0.5, 0.6) is 0 Å². The topological polar surface area (TPSA) is 38.3 Å². The van der Waals surface area contributed by atoms with E-state index in [2.05, 4.69) is 5.32 Å². The minimum absolute atomic E-state index is 0.0518. The highest BCUT2D eigenvalue weighted by Gasteiger charge is 2.12. The number of nitrogens with one attached hydrogen (secondary N) is 1. The standard InChI is InChI=1S/C9H19NO2/c1-5-8(6-12-4)10-9(11)7(2)3/h7-8H,5-6H2,1-4H3,(H,10,11). The molecule has 12 heavy (non-hydrogen) atoms. The van der Waals surface area contributed by atoms with E-state index in [1.807, 2.05) is 20.8 Å². The molecule has 0 aliphatic heterocycles. The number of rotatable bonds is 5. The van der Waals surface area contributed by atoms with Crippen LogP contribution >= 0.6 is 0 Å². The van der Waals surface area contributed by atoms with Crippen molar-refractivity contribution in [3.8, 4) is 0 Å². The fourth-order valence-corrected chi connectivity index (χ4v) is 0.831. The van der Waals surface area contributed by atoms with Gasteiger partial charge in [-0.3, -0.25) is 4.79 Å². The maximum absolute atomic E-state index is 11.2. The second-order valence-corrected chi connectivity index (χ2v) is 3.22. The van der Waals surface area contributed by atoms with Crippen molar-refractivity contribution in [2.45, 2.75) is 33.2 Å². The first-order valence-electron chi connectivity index (χ1n) is 4.41. The molecule has 0 heterocycles. The van der Waals surface area contributed by atoms with Crippen LogP contribution in [0, 0.1) is 5.92 Å². The lowest BCUT2D eigenvalue weighted by Gasteiger charge is -2.17. The number of hydrogen-bond donors (Lipinski definition) is 1. The van der Waals surface area contributed by atoms with Gasteiger partial charge in [-0.25, -0.2) is 0 Å². The van der Waals surface area contributed by atoms with Gasteiger partial charge in [0.1, 0.15) is 0 Å². The Morgan fingerprint density at radius 1 is 1.50 bits per heavy atom. The van der Waals surface area contributed by atoms with Gasteiger partial charge in [0.15, 0.2) is 0 Å².